The van der Waals surface area contributed by atoms with Crippen LogP contribution in [0.3, 0.4) is 0 Å². The SMILES string of the molecule is CC(=O)Nc1ccc(/C=c2\[nH]c(=O)/c(=C/c3ccccc3Br)[nH]c2=O)cc1.CC(=O)Nc1ccc(/C=c2\[nH]c(=O)/c(=C/c3ccccc3C(F)(F)F)[nH]c2=O)cc1. The van der Waals surface area contributed by atoms with Gasteiger partial charge in [0.15, 0.2) is 0 Å². The minimum atomic E-state index is -4.60. The van der Waals surface area contributed by atoms with E-state index < -0.39 is 34.0 Å². The molecule has 0 saturated carbocycles. The van der Waals surface area contributed by atoms with Crippen molar-refractivity contribution in [2.45, 2.75) is 20.0 Å². The second-order valence-electron chi connectivity index (χ2n) is 12.3. The van der Waals surface area contributed by atoms with Gasteiger partial charge >= 0.3 is 6.18 Å². The van der Waals surface area contributed by atoms with Crippen molar-refractivity contribution in [1.82, 2.24) is 19.9 Å². The van der Waals surface area contributed by atoms with E-state index in [2.05, 4.69) is 46.5 Å². The van der Waals surface area contributed by atoms with Crippen LogP contribution in [-0.4, -0.2) is 31.8 Å². The molecule has 0 aliphatic heterocycles. The van der Waals surface area contributed by atoms with Crippen molar-refractivity contribution in [2.24, 2.45) is 0 Å². The summed E-state index contributed by atoms with van der Waals surface area (Å²) in [5.74, 6) is -0.393. The Kier molecular flexibility index (Phi) is 13.0. The van der Waals surface area contributed by atoms with Crippen molar-refractivity contribution in [3.05, 3.63) is 192 Å². The van der Waals surface area contributed by atoms with Crippen LogP contribution in [0.1, 0.15) is 41.7 Å². The molecule has 6 rings (SSSR count). The van der Waals surface area contributed by atoms with Crippen molar-refractivity contribution in [3.8, 4) is 0 Å². The molecule has 12 nitrogen and oxygen atoms in total. The number of alkyl halides is 3. The summed E-state index contributed by atoms with van der Waals surface area (Å²) in [6, 6.07) is 25.5. The third-order valence-corrected chi connectivity index (χ3v) is 8.55. The highest BCUT2D eigenvalue weighted by molar-refractivity contribution is 9.10. The zero-order valence-corrected chi connectivity index (χ0v) is 31.6. The van der Waals surface area contributed by atoms with Gasteiger partial charge in [0, 0.05) is 29.7 Å². The molecule has 2 amide bonds. The number of hydrogen-bond donors (Lipinski definition) is 6. The fourth-order valence-electron chi connectivity index (χ4n) is 5.24. The lowest BCUT2D eigenvalue weighted by Crippen LogP contribution is -2.46. The molecule has 0 fully saturated rings. The standard InChI is InChI=1S/C21H16F3N3O3.C20H16BrN3O3/c1-12(28)25-15-8-6-13(7-9-15)10-17-19(29)27-18(20(30)26-17)11-14-4-2-3-5-16(14)21(22,23)24;1-12(25)22-15-8-6-13(7-9-15)10-17-19(26)24-18(20(27)23-17)11-14-4-2-3-5-16(14)21/h2-11H,1H3,(H,25,28)(H,26,30)(H,27,29);2-11H,1H3,(H,22,25)(H,23,27)(H,24,26)/b2*17-10-,18-11-. The molecule has 0 atom stereocenters. The number of carbonyl (C=O) groups excluding carboxylic acids is 2. The number of aromatic amines is 4. The first kappa shape index (κ1) is 41.1. The van der Waals surface area contributed by atoms with Crippen LogP contribution in [0.25, 0.3) is 24.3 Å². The van der Waals surface area contributed by atoms with Gasteiger partial charge in [-0.3, -0.25) is 28.8 Å². The third kappa shape index (κ3) is 11.5. The third-order valence-electron chi connectivity index (χ3n) is 7.83. The van der Waals surface area contributed by atoms with Gasteiger partial charge in [0.25, 0.3) is 22.2 Å². The van der Waals surface area contributed by atoms with Gasteiger partial charge in [-0.1, -0.05) is 76.6 Å². The molecule has 0 saturated heterocycles. The molecule has 0 unspecified atom stereocenters. The predicted molar refractivity (Wildman–Crippen MR) is 215 cm³/mol. The van der Waals surface area contributed by atoms with Crippen LogP contribution in [0, 0.1) is 0 Å². The topological polar surface area (TPSA) is 190 Å². The summed E-state index contributed by atoms with van der Waals surface area (Å²) in [5, 5.41) is 5.23. The normalized spacial score (nSPS) is 12.5. The molecule has 2 heterocycles. The first-order valence-corrected chi connectivity index (χ1v) is 17.6. The highest BCUT2D eigenvalue weighted by Crippen LogP contribution is 2.32. The number of benzene rings is 4. The van der Waals surface area contributed by atoms with E-state index >= 15 is 0 Å². The van der Waals surface area contributed by atoms with Gasteiger partial charge in [0.2, 0.25) is 11.8 Å². The summed E-state index contributed by atoms with van der Waals surface area (Å²) in [4.78, 5) is 81.3. The van der Waals surface area contributed by atoms with Gasteiger partial charge in [-0.05, 0) is 83.0 Å². The number of hydrogen-bond acceptors (Lipinski definition) is 6. The molecule has 0 radical (unpaired) electrons. The van der Waals surface area contributed by atoms with Crippen molar-refractivity contribution >= 4 is 63.4 Å². The summed E-state index contributed by atoms with van der Waals surface area (Å²) < 4.78 is 40.2. The van der Waals surface area contributed by atoms with Crippen molar-refractivity contribution < 1.29 is 22.8 Å². The van der Waals surface area contributed by atoms with Gasteiger partial charge in [-0.2, -0.15) is 13.2 Å². The lowest BCUT2D eigenvalue weighted by molar-refractivity contribution is -0.137. The molecule has 0 spiro atoms. The molecule has 0 aliphatic carbocycles. The molecule has 57 heavy (non-hydrogen) atoms. The van der Waals surface area contributed by atoms with Gasteiger partial charge in [-0.15, -0.1) is 0 Å². The van der Waals surface area contributed by atoms with Crippen LogP contribution in [0.5, 0.6) is 0 Å². The molecule has 0 aliphatic rings. The number of nitrogens with one attached hydrogen (secondary N) is 6. The quantitative estimate of drug-likeness (QED) is 0.150. The molecule has 16 heteroatoms. The lowest BCUT2D eigenvalue weighted by Gasteiger charge is -2.09. The Morgan fingerprint density at radius 3 is 1.26 bits per heavy atom. The smallest absolute Gasteiger partial charge is 0.326 e. The van der Waals surface area contributed by atoms with E-state index in [4.69, 9.17) is 0 Å². The van der Waals surface area contributed by atoms with Crippen molar-refractivity contribution in [2.75, 3.05) is 10.6 Å². The second-order valence-corrected chi connectivity index (χ2v) is 13.1. The minimum Gasteiger partial charge on any atom is -0.326 e. The van der Waals surface area contributed by atoms with Crippen LogP contribution < -0.4 is 54.3 Å². The molecule has 6 aromatic rings. The molecular formula is C41H32BrF3N6O6. The fraction of sp³-hybridized carbons (Fsp3) is 0.0732. The summed E-state index contributed by atoms with van der Waals surface area (Å²) in [7, 11) is 0. The molecule has 0 bridgehead atoms. The van der Waals surface area contributed by atoms with E-state index in [9.17, 15) is 41.9 Å². The Bertz CT molecular complexity index is 2950. The summed E-state index contributed by atoms with van der Waals surface area (Å²) in [5.41, 5.74) is -0.0808. The molecule has 290 valence electrons. The fourth-order valence-corrected chi connectivity index (χ4v) is 5.64. The highest BCUT2D eigenvalue weighted by atomic mass is 79.9. The second kappa shape index (κ2) is 18.0. The van der Waals surface area contributed by atoms with E-state index in [0.717, 1.165) is 22.2 Å². The number of anilines is 2. The van der Waals surface area contributed by atoms with Crippen molar-refractivity contribution in [1.29, 1.82) is 0 Å². The maximum absolute atomic E-state index is 13.1. The zero-order chi connectivity index (χ0) is 41.3. The van der Waals surface area contributed by atoms with Crippen LogP contribution >= 0.6 is 15.9 Å². The van der Waals surface area contributed by atoms with Crippen LogP contribution in [0.2, 0.25) is 0 Å². The van der Waals surface area contributed by atoms with E-state index in [0.29, 0.717) is 22.5 Å². The Hall–Kier alpha value is -7.07. The number of carbonyl (C=O) groups is 2. The molecule has 4 aromatic carbocycles. The van der Waals surface area contributed by atoms with Crippen LogP contribution in [0.15, 0.2) is 121 Å². The zero-order valence-electron chi connectivity index (χ0n) is 30.0. The Balaban J connectivity index is 0.000000219. The minimum absolute atomic E-state index is 0.0615. The van der Waals surface area contributed by atoms with E-state index in [1.165, 1.54) is 38.1 Å². The molecule has 2 aromatic heterocycles. The van der Waals surface area contributed by atoms with E-state index in [1.807, 2.05) is 24.3 Å². The first-order chi connectivity index (χ1) is 27.0. The monoisotopic (exact) mass is 840 g/mol. The predicted octanol–water partition coefficient (Wildman–Crippen LogP) is 3.14. The summed E-state index contributed by atoms with van der Waals surface area (Å²) in [6.07, 6.45) is 0.966. The van der Waals surface area contributed by atoms with E-state index in [1.54, 1.807) is 60.7 Å². The first-order valence-electron chi connectivity index (χ1n) is 16.8. The number of halogens is 4. The maximum Gasteiger partial charge on any atom is 0.416 e. The van der Waals surface area contributed by atoms with E-state index in [-0.39, 0.29) is 38.8 Å². The van der Waals surface area contributed by atoms with Gasteiger partial charge in [0.05, 0.1) is 5.56 Å². The Labute approximate surface area is 328 Å². The lowest BCUT2D eigenvalue weighted by atomic mass is 10.1. The van der Waals surface area contributed by atoms with Gasteiger partial charge in [0.1, 0.15) is 21.4 Å². The maximum atomic E-state index is 13.1. The average molecular weight is 842 g/mol. The Morgan fingerprint density at radius 2 is 0.877 bits per heavy atom. The number of aromatic nitrogens is 4. The summed E-state index contributed by atoms with van der Waals surface area (Å²) in [6.45, 7) is 2.80. The number of H-pyrrole nitrogens is 4. The largest absolute Gasteiger partial charge is 0.416 e. The molecule has 6 N–H and O–H groups in total. The van der Waals surface area contributed by atoms with Crippen molar-refractivity contribution in [3.63, 3.8) is 0 Å². The van der Waals surface area contributed by atoms with Crippen LogP contribution in [-0.2, 0) is 15.8 Å². The van der Waals surface area contributed by atoms with Gasteiger partial charge < -0.3 is 30.6 Å². The molecular weight excluding hydrogens is 809 g/mol. The number of amides is 2. The average Bonchev–Trinajstić information content (AvgIpc) is 3.14. The van der Waals surface area contributed by atoms with Gasteiger partial charge in [-0.25, -0.2) is 0 Å². The summed E-state index contributed by atoms with van der Waals surface area (Å²) >= 11 is 3.41. The Morgan fingerprint density at radius 1 is 0.526 bits per heavy atom. The van der Waals surface area contributed by atoms with Crippen LogP contribution in [0.4, 0.5) is 24.5 Å². The highest BCUT2D eigenvalue weighted by Gasteiger charge is 2.32. The number of rotatable bonds is 6.